The molecule has 1 aliphatic heterocycles. The summed E-state index contributed by atoms with van der Waals surface area (Å²) in [4.78, 5) is 2.42. The monoisotopic (exact) mass is 264 g/mol. The van der Waals surface area contributed by atoms with Crippen molar-refractivity contribution in [2.75, 3.05) is 39.6 Å². The van der Waals surface area contributed by atoms with E-state index in [2.05, 4.69) is 17.0 Å². The highest BCUT2D eigenvalue weighted by atomic mass is 16.5. The number of methoxy groups -OCH3 is 2. The van der Waals surface area contributed by atoms with Crippen molar-refractivity contribution in [1.82, 2.24) is 4.90 Å². The van der Waals surface area contributed by atoms with Crippen molar-refractivity contribution in [2.24, 2.45) is 0 Å². The second kappa shape index (κ2) is 6.89. The second-order valence-electron chi connectivity index (χ2n) is 5.15. The fourth-order valence-electron chi connectivity index (χ4n) is 2.64. The summed E-state index contributed by atoms with van der Waals surface area (Å²) in [5.41, 5.74) is 7.86. The standard InChI is InChI=1S/C15H24N2O2/c1-18-14-10-17(11-15(14)19-2)9-3-4-12-5-7-13(16)8-6-12/h5-8,14-15H,3-4,9-11,16H2,1-2H3. The number of anilines is 1. The molecule has 0 amide bonds. The van der Waals surface area contributed by atoms with Gasteiger partial charge >= 0.3 is 0 Å². The van der Waals surface area contributed by atoms with Crippen LogP contribution in [0.1, 0.15) is 12.0 Å². The van der Waals surface area contributed by atoms with Gasteiger partial charge in [0.2, 0.25) is 0 Å². The first-order chi connectivity index (χ1) is 9.22. The highest BCUT2D eigenvalue weighted by Crippen LogP contribution is 2.16. The van der Waals surface area contributed by atoms with E-state index in [0.717, 1.165) is 38.2 Å². The molecule has 4 nitrogen and oxygen atoms in total. The van der Waals surface area contributed by atoms with E-state index >= 15 is 0 Å². The van der Waals surface area contributed by atoms with Crippen LogP contribution in [0.25, 0.3) is 0 Å². The number of hydrogen-bond acceptors (Lipinski definition) is 4. The SMILES string of the molecule is COC1CN(CCCc2ccc(N)cc2)CC1OC. The van der Waals surface area contributed by atoms with Crippen LogP contribution in [0.4, 0.5) is 5.69 Å². The summed E-state index contributed by atoms with van der Waals surface area (Å²) < 4.78 is 10.9. The number of benzene rings is 1. The molecule has 1 aromatic rings. The Balaban J connectivity index is 1.73. The summed E-state index contributed by atoms with van der Waals surface area (Å²) in [6.45, 7) is 3.03. The van der Waals surface area contributed by atoms with E-state index in [0.29, 0.717) is 0 Å². The minimum atomic E-state index is 0.210. The van der Waals surface area contributed by atoms with Crippen molar-refractivity contribution in [3.05, 3.63) is 29.8 Å². The molecule has 0 bridgehead atoms. The van der Waals surface area contributed by atoms with Crippen LogP contribution in [0.5, 0.6) is 0 Å². The van der Waals surface area contributed by atoms with Crippen molar-refractivity contribution >= 4 is 5.69 Å². The number of likely N-dealkylation sites (tertiary alicyclic amines) is 1. The van der Waals surface area contributed by atoms with Gasteiger partial charge in [0.1, 0.15) is 0 Å². The number of ether oxygens (including phenoxy) is 2. The number of rotatable bonds is 6. The first-order valence-electron chi connectivity index (χ1n) is 6.85. The third-order valence-electron chi connectivity index (χ3n) is 3.82. The van der Waals surface area contributed by atoms with Crippen LogP contribution in [0, 0.1) is 0 Å². The Hall–Kier alpha value is -1.10. The maximum Gasteiger partial charge on any atom is 0.0971 e. The molecular formula is C15H24N2O2. The quantitative estimate of drug-likeness (QED) is 0.792. The molecule has 1 saturated heterocycles. The summed E-state index contributed by atoms with van der Waals surface area (Å²) in [6.07, 6.45) is 2.66. The molecule has 1 heterocycles. The van der Waals surface area contributed by atoms with E-state index in [1.807, 2.05) is 12.1 Å². The van der Waals surface area contributed by atoms with Gasteiger partial charge in [-0.2, -0.15) is 0 Å². The Kier molecular flexibility index (Phi) is 5.19. The zero-order valence-electron chi connectivity index (χ0n) is 11.8. The molecule has 1 aliphatic rings. The van der Waals surface area contributed by atoms with E-state index in [1.54, 1.807) is 14.2 Å². The highest BCUT2D eigenvalue weighted by Gasteiger charge is 2.32. The highest BCUT2D eigenvalue weighted by molar-refractivity contribution is 5.39. The van der Waals surface area contributed by atoms with Crippen LogP contribution in [0.3, 0.4) is 0 Å². The predicted octanol–water partition coefficient (Wildman–Crippen LogP) is 1.55. The first-order valence-corrected chi connectivity index (χ1v) is 6.85. The molecule has 2 atom stereocenters. The summed E-state index contributed by atoms with van der Waals surface area (Å²) in [5, 5.41) is 0. The zero-order valence-corrected chi connectivity index (χ0v) is 11.8. The summed E-state index contributed by atoms with van der Waals surface area (Å²) >= 11 is 0. The van der Waals surface area contributed by atoms with Gasteiger partial charge in [0, 0.05) is 33.0 Å². The summed E-state index contributed by atoms with van der Waals surface area (Å²) in [6, 6.07) is 8.14. The average molecular weight is 264 g/mol. The largest absolute Gasteiger partial charge is 0.399 e. The topological polar surface area (TPSA) is 47.7 Å². The molecule has 106 valence electrons. The van der Waals surface area contributed by atoms with Crippen molar-refractivity contribution in [3.63, 3.8) is 0 Å². The minimum Gasteiger partial charge on any atom is -0.399 e. The van der Waals surface area contributed by atoms with Gasteiger partial charge in [-0.15, -0.1) is 0 Å². The van der Waals surface area contributed by atoms with Gasteiger partial charge in [-0.25, -0.2) is 0 Å². The van der Waals surface area contributed by atoms with Gasteiger partial charge in [-0.1, -0.05) is 12.1 Å². The Morgan fingerprint density at radius 3 is 2.21 bits per heavy atom. The average Bonchev–Trinajstić information content (AvgIpc) is 2.83. The molecular weight excluding hydrogens is 240 g/mol. The Bertz CT molecular complexity index is 368. The lowest BCUT2D eigenvalue weighted by atomic mass is 10.1. The van der Waals surface area contributed by atoms with Crippen molar-refractivity contribution in [3.8, 4) is 0 Å². The molecule has 1 fully saturated rings. The van der Waals surface area contributed by atoms with Crippen molar-refractivity contribution in [2.45, 2.75) is 25.0 Å². The molecule has 0 aliphatic carbocycles. The van der Waals surface area contributed by atoms with Crippen molar-refractivity contribution in [1.29, 1.82) is 0 Å². The maximum atomic E-state index is 5.68. The van der Waals surface area contributed by atoms with Crippen LogP contribution < -0.4 is 5.73 Å². The lowest BCUT2D eigenvalue weighted by Crippen LogP contribution is -2.27. The number of nitrogen functional groups attached to an aromatic ring is 1. The molecule has 2 rings (SSSR count). The molecule has 0 aromatic heterocycles. The Morgan fingerprint density at radius 2 is 1.68 bits per heavy atom. The molecule has 0 saturated carbocycles. The van der Waals surface area contributed by atoms with E-state index in [-0.39, 0.29) is 12.2 Å². The summed E-state index contributed by atoms with van der Waals surface area (Å²) in [5.74, 6) is 0. The van der Waals surface area contributed by atoms with Gasteiger partial charge in [-0.3, -0.25) is 4.90 Å². The smallest absolute Gasteiger partial charge is 0.0971 e. The maximum absolute atomic E-state index is 5.68. The molecule has 4 heteroatoms. The van der Waals surface area contributed by atoms with E-state index in [4.69, 9.17) is 15.2 Å². The number of hydrogen-bond donors (Lipinski definition) is 1. The first kappa shape index (κ1) is 14.3. The number of aryl methyl sites for hydroxylation is 1. The Labute approximate surface area is 115 Å². The molecule has 2 N–H and O–H groups in total. The Morgan fingerprint density at radius 1 is 1.11 bits per heavy atom. The van der Waals surface area contributed by atoms with E-state index < -0.39 is 0 Å². The van der Waals surface area contributed by atoms with Gasteiger partial charge in [0.25, 0.3) is 0 Å². The van der Waals surface area contributed by atoms with Crippen LogP contribution in [-0.4, -0.2) is 51.0 Å². The molecule has 0 spiro atoms. The fourth-order valence-corrected chi connectivity index (χ4v) is 2.64. The van der Waals surface area contributed by atoms with Gasteiger partial charge in [0.05, 0.1) is 12.2 Å². The third-order valence-corrected chi connectivity index (χ3v) is 3.82. The van der Waals surface area contributed by atoms with Crippen LogP contribution in [0.15, 0.2) is 24.3 Å². The molecule has 19 heavy (non-hydrogen) atoms. The van der Waals surface area contributed by atoms with E-state index in [1.165, 1.54) is 5.56 Å². The molecule has 2 unspecified atom stereocenters. The minimum absolute atomic E-state index is 0.210. The van der Waals surface area contributed by atoms with Gasteiger partial charge in [0.15, 0.2) is 0 Å². The lowest BCUT2D eigenvalue weighted by Gasteiger charge is -2.14. The zero-order chi connectivity index (χ0) is 13.7. The van der Waals surface area contributed by atoms with Crippen LogP contribution >= 0.6 is 0 Å². The van der Waals surface area contributed by atoms with Crippen molar-refractivity contribution < 1.29 is 9.47 Å². The van der Waals surface area contributed by atoms with E-state index in [9.17, 15) is 0 Å². The van der Waals surface area contributed by atoms with Crippen LogP contribution in [0.2, 0.25) is 0 Å². The third kappa shape index (κ3) is 3.93. The molecule has 0 radical (unpaired) electrons. The number of nitrogens with zero attached hydrogens (tertiary/aromatic N) is 1. The fraction of sp³-hybridized carbons (Fsp3) is 0.600. The van der Waals surface area contributed by atoms with Gasteiger partial charge in [-0.05, 0) is 37.1 Å². The lowest BCUT2D eigenvalue weighted by molar-refractivity contribution is -0.00461. The van der Waals surface area contributed by atoms with Crippen LogP contribution in [-0.2, 0) is 15.9 Å². The predicted molar refractivity (Wildman–Crippen MR) is 77.2 cm³/mol. The van der Waals surface area contributed by atoms with Gasteiger partial charge < -0.3 is 15.2 Å². The second-order valence-corrected chi connectivity index (χ2v) is 5.15. The normalized spacial score (nSPS) is 23.9. The number of nitrogens with two attached hydrogens (primary N) is 1. The molecule has 1 aromatic carbocycles. The summed E-state index contributed by atoms with van der Waals surface area (Å²) in [7, 11) is 3.52.